The average Bonchev–Trinajstić information content (AvgIpc) is 2.78. The average molecular weight is 455 g/mol. The van der Waals surface area contributed by atoms with Crippen molar-refractivity contribution in [2.45, 2.75) is 52.4 Å². The van der Waals surface area contributed by atoms with Gasteiger partial charge in [-0.25, -0.2) is 0 Å². The molecule has 0 saturated carbocycles. The van der Waals surface area contributed by atoms with Gasteiger partial charge in [-0.1, -0.05) is 50.8 Å². The Morgan fingerprint density at radius 2 is 1.53 bits per heavy atom. The molecule has 7 nitrogen and oxygen atoms in total. The minimum absolute atomic E-state index is 0.0408. The van der Waals surface area contributed by atoms with Crippen molar-refractivity contribution in [3.05, 3.63) is 65.2 Å². The van der Waals surface area contributed by atoms with E-state index in [2.05, 4.69) is 28.4 Å². The van der Waals surface area contributed by atoms with Crippen LogP contribution in [-0.4, -0.2) is 22.8 Å². The van der Waals surface area contributed by atoms with Crippen molar-refractivity contribution >= 4 is 40.7 Å². The fraction of sp³-hybridized carbons (Fsp3) is 0.333. The number of unbranched alkanes of at least 4 members (excludes halogenated alkanes) is 4. The first-order valence-electron chi connectivity index (χ1n) is 10.8. The zero-order chi connectivity index (χ0) is 23.3. The van der Waals surface area contributed by atoms with Crippen molar-refractivity contribution < 1.29 is 14.4 Å². The number of hydrogen-bond acceptors (Lipinski definition) is 4. The number of amides is 3. The molecule has 170 valence electrons. The summed E-state index contributed by atoms with van der Waals surface area (Å²) in [4.78, 5) is 36.5. The van der Waals surface area contributed by atoms with Gasteiger partial charge in [0.2, 0.25) is 5.91 Å². The molecule has 2 aromatic rings. The third-order valence-corrected chi connectivity index (χ3v) is 5.05. The van der Waals surface area contributed by atoms with E-state index >= 15 is 0 Å². The van der Waals surface area contributed by atoms with E-state index in [9.17, 15) is 14.4 Å². The molecule has 0 fully saturated rings. The first-order valence-corrected chi connectivity index (χ1v) is 11.2. The SMILES string of the molecule is CCCCCCCC(=O)NC(=S)NNC(=O)c1ccc(NC(=O)c2ccccc2C)cc1. The summed E-state index contributed by atoms with van der Waals surface area (Å²) >= 11 is 5.04. The molecular formula is C24H30N4O3S. The smallest absolute Gasteiger partial charge is 0.269 e. The van der Waals surface area contributed by atoms with Crippen LogP contribution in [0.4, 0.5) is 5.69 Å². The number of hydrogen-bond donors (Lipinski definition) is 4. The number of rotatable bonds is 9. The third-order valence-electron chi connectivity index (χ3n) is 4.84. The number of anilines is 1. The van der Waals surface area contributed by atoms with Crippen LogP contribution < -0.4 is 21.5 Å². The van der Waals surface area contributed by atoms with Crippen molar-refractivity contribution in [1.29, 1.82) is 0 Å². The molecule has 0 saturated heterocycles. The first kappa shape index (κ1) is 25.0. The fourth-order valence-corrected chi connectivity index (χ4v) is 3.19. The highest BCUT2D eigenvalue weighted by molar-refractivity contribution is 7.80. The second-order valence-corrected chi connectivity index (χ2v) is 7.88. The number of benzene rings is 2. The van der Waals surface area contributed by atoms with E-state index in [-0.39, 0.29) is 16.9 Å². The lowest BCUT2D eigenvalue weighted by Gasteiger charge is -2.11. The monoisotopic (exact) mass is 454 g/mol. The molecular weight excluding hydrogens is 424 g/mol. The summed E-state index contributed by atoms with van der Waals surface area (Å²) in [5, 5.41) is 5.40. The number of carbonyl (C=O) groups excluding carboxylic acids is 3. The van der Waals surface area contributed by atoms with Gasteiger partial charge in [-0.15, -0.1) is 0 Å². The molecule has 0 aliphatic carbocycles. The van der Waals surface area contributed by atoms with Gasteiger partial charge in [0.05, 0.1) is 0 Å². The van der Waals surface area contributed by atoms with Crippen LogP contribution in [0, 0.1) is 6.92 Å². The van der Waals surface area contributed by atoms with Crippen LogP contribution in [-0.2, 0) is 4.79 Å². The van der Waals surface area contributed by atoms with E-state index in [1.807, 2.05) is 25.1 Å². The van der Waals surface area contributed by atoms with Gasteiger partial charge >= 0.3 is 0 Å². The van der Waals surface area contributed by atoms with Crippen molar-refractivity contribution in [3.8, 4) is 0 Å². The first-order chi connectivity index (χ1) is 15.4. The Balaban J connectivity index is 1.75. The molecule has 2 rings (SSSR count). The summed E-state index contributed by atoms with van der Waals surface area (Å²) in [6.07, 6.45) is 5.68. The second kappa shape index (κ2) is 13.2. The van der Waals surface area contributed by atoms with Gasteiger partial charge in [0.25, 0.3) is 11.8 Å². The molecule has 0 heterocycles. The van der Waals surface area contributed by atoms with E-state index in [1.54, 1.807) is 30.3 Å². The zero-order valence-corrected chi connectivity index (χ0v) is 19.3. The molecule has 0 bridgehead atoms. The van der Waals surface area contributed by atoms with Crippen molar-refractivity contribution in [1.82, 2.24) is 16.2 Å². The summed E-state index contributed by atoms with van der Waals surface area (Å²) in [6, 6.07) is 13.8. The molecule has 0 radical (unpaired) electrons. The lowest BCUT2D eigenvalue weighted by molar-refractivity contribution is -0.119. The standard InChI is InChI=1S/C24H30N4O3S/c1-3-4-5-6-7-12-21(29)26-24(32)28-27-22(30)18-13-15-19(16-14-18)25-23(31)20-11-9-8-10-17(20)2/h8-11,13-16H,3-7,12H2,1-2H3,(H,25,31)(H,27,30)(H2,26,28,29,32). The van der Waals surface area contributed by atoms with Gasteiger partial charge in [-0.2, -0.15) is 0 Å². The highest BCUT2D eigenvalue weighted by Gasteiger charge is 2.11. The zero-order valence-electron chi connectivity index (χ0n) is 18.5. The van der Waals surface area contributed by atoms with Crippen LogP contribution in [0.15, 0.2) is 48.5 Å². The van der Waals surface area contributed by atoms with Crippen molar-refractivity contribution in [3.63, 3.8) is 0 Å². The van der Waals surface area contributed by atoms with Crippen LogP contribution in [0.2, 0.25) is 0 Å². The van der Waals surface area contributed by atoms with Crippen molar-refractivity contribution in [2.24, 2.45) is 0 Å². The minimum atomic E-state index is -0.419. The third kappa shape index (κ3) is 8.47. The van der Waals surface area contributed by atoms with Crippen LogP contribution in [0.1, 0.15) is 71.7 Å². The van der Waals surface area contributed by atoms with E-state index in [1.165, 1.54) is 6.42 Å². The lowest BCUT2D eigenvalue weighted by atomic mass is 10.1. The van der Waals surface area contributed by atoms with Crippen LogP contribution in [0.5, 0.6) is 0 Å². The highest BCUT2D eigenvalue weighted by Crippen LogP contribution is 2.13. The van der Waals surface area contributed by atoms with E-state index in [0.717, 1.165) is 31.2 Å². The predicted molar refractivity (Wildman–Crippen MR) is 130 cm³/mol. The number of nitrogens with one attached hydrogen (secondary N) is 4. The Morgan fingerprint density at radius 1 is 0.844 bits per heavy atom. The molecule has 0 spiro atoms. The van der Waals surface area contributed by atoms with Gasteiger partial charge in [-0.3, -0.25) is 25.2 Å². The van der Waals surface area contributed by atoms with Gasteiger partial charge in [-0.05, 0) is 61.5 Å². The maximum Gasteiger partial charge on any atom is 0.269 e. The summed E-state index contributed by atoms with van der Waals surface area (Å²) in [7, 11) is 0. The lowest BCUT2D eigenvalue weighted by Crippen LogP contribution is -2.48. The topological polar surface area (TPSA) is 99.3 Å². The van der Waals surface area contributed by atoms with Crippen LogP contribution in [0.3, 0.4) is 0 Å². The van der Waals surface area contributed by atoms with Crippen molar-refractivity contribution in [2.75, 3.05) is 5.32 Å². The molecule has 0 aliphatic heterocycles. The second-order valence-electron chi connectivity index (χ2n) is 7.47. The maximum absolute atomic E-state index is 12.4. The quantitative estimate of drug-likeness (QED) is 0.258. The number of carbonyl (C=O) groups is 3. The predicted octanol–water partition coefficient (Wildman–Crippen LogP) is 4.24. The Morgan fingerprint density at radius 3 is 2.22 bits per heavy atom. The minimum Gasteiger partial charge on any atom is -0.322 e. The Hall–Kier alpha value is -3.26. The molecule has 32 heavy (non-hydrogen) atoms. The largest absolute Gasteiger partial charge is 0.322 e. The summed E-state index contributed by atoms with van der Waals surface area (Å²) in [5.41, 5.74) is 7.40. The number of thiocarbonyl (C=S) groups is 1. The van der Waals surface area contributed by atoms with Gasteiger partial charge in [0.1, 0.15) is 0 Å². The molecule has 2 aromatic carbocycles. The Labute approximate surface area is 194 Å². The summed E-state index contributed by atoms with van der Waals surface area (Å²) in [5.74, 6) is -0.812. The molecule has 0 aromatic heterocycles. The molecule has 0 aliphatic rings. The number of aryl methyl sites for hydroxylation is 1. The van der Waals surface area contributed by atoms with E-state index in [0.29, 0.717) is 23.2 Å². The Kier molecular flexibility index (Phi) is 10.3. The Bertz CT molecular complexity index is 945. The summed E-state index contributed by atoms with van der Waals surface area (Å²) in [6.45, 7) is 4.01. The molecule has 0 atom stereocenters. The van der Waals surface area contributed by atoms with Gasteiger partial charge in [0, 0.05) is 23.2 Å². The van der Waals surface area contributed by atoms with Gasteiger partial charge in [0.15, 0.2) is 5.11 Å². The molecule has 4 N–H and O–H groups in total. The molecule has 8 heteroatoms. The summed E-state index contributed by atoms with van der Waals surface area (Å²) < 4.78 is 0. The highest BCUT2D eigenvalue weighted by atomic mass is 32.1. The fourth-order valence-electron chi connectivity index (χ4n) is 3.03. The van der Waals surface area contributed by atoms with Crippen LogP contribution >= 0.6 is 12.2 Å². The van der Waals surface area contributed by atoms with Gasteiger partial charge < -0.3 is 10.6 Å². The number of hydrazine groups is 1. The maximum atomic E-state index is 12.4. The normalized spacial score (nSPS) is 10.2. The van der Waals surface area contributed by atoms with E-state index in [4.69, 9.17) is 12.2 Å². The van der Waals surface area contributed by atoms with E-state index < -0.39 is 5.91 Å². The molecule has 3 amide bonds. The van der Waals surface area contributed by atoms with Crippen LogP contribution in [0.25, 0.3) is 0 Å². The molecule has 0 unspecified atom stereocenters.